The Kier molecular flexibility index (Phi) is 5.92. The van der Waals surface area contributed by atoms with E-state index in [4.69, 9.17) is 4.74 Å². The van der Waals surface area contributed by atoms with Gasteiger partial charge >= 0.3 is 0 Å². The van der Waals surface area contributed by atoms with Crippen LogP contribution in [0.4, 0.5) is 0 Å². The molecule has 1 saturated carbocycles. The Labute approximate surface area is 126 Å². The Hall–Kier alpha value is -0.0800. The van der Waals surface area contributed by atoms with Crippen LogP contribution in [0.25, 0.3) is 0 Å². The molecule has 3 atom stereocenters. The van der Waals surface area contributed by atoms with Gasteiger partial charge in [-0.3, -0.25) is 0 Å². The second-order valence-electron chi connectivity index (χ2n) is 7.53. The quantitative estimate of drug-likeness (QED) is 0.614. The first-order chi connectivity index (χ1) is 9.58. The fourth-order valence-corrected chi connectivity index (χ4v) is 3.85. The summed E-state index contributed by atoms with van der Waals surface area (Å²) in [6, 6.07) is 0.717. The predicted molar refractivity (Wildman–Crippen MR) is 86.0 cm³/mol. The summed E-state index contributed by atoms with van der Waals surface area (Å²) >= 11 is 0. The molecule has 20 heavy (non-hydrogen) atoms. The molecule has 3 unspecified atom stereocenters. The van der Waals surface area contributed by atoms with Crippen LogP contribution in [0.3, 0.4) is 0 Å². The zero-order chi connectivity index (χ0) is 14.6. The van der Waals surface area contributed by atoms with Crippen LogP contribution in [0.5, 0.6) is 0 Å². The van der Waals surface area contributed by atoms with E-state index in [0.717, 1.165) is 31.1 Å². The molecule has 2 fully saturated rings. The monoisotopic (exact) mass is 281 g/mol. The fourth-order valence-electron chi connectivity index (χ4n) is 3.85. The maximum atomic E-state index is 5.82. The molecule has 1 saturated heterocycles. The molecule has 1 aliphatic carbocycles. The van der Waals surface area contributed by atoms with E-state index in [1.165, 1.54) is 51.6 Å². The molecule has 0 aromatic heterocycles. The SMILES string of the molecule is CCCN1CCC(C)C(C)(CCCOCC2CC2)C1C. The minimum Gasteiger partial charge on any atom is -0.381 e. The second kappa shape index (κ2) is 7.26. The van der Waals surface area contributed by atoms with Gasteiger partial charge in [-0.2, -0.15) is 0 Å². The van der Waals surface area contributed by atoms with Crippen LogP contribution in [0.2, 0.25) is 0 Å². The van der Waals surface area contributed by atoms with Gasteiger partial charge < -0.3 is 9.64 Å². The van der Waals surface area contributed by atoms with E-state index in [9.17, 15) is 0 Å². The molecule has 0 radical (unpaired) electrons. The molecule has 2 aliphatic rings. The minimum absolute atomic E-state index is 0.469. The summed E-state index contributed by atoms with van der Waals surface area (Å²) in [7, 11) is 0. The van der Waals surface area contributed by atoms with Crippen molar-refractivity contribution >= 4 is 0 Å². The Bertz CT molecular complexity index is 289. The average Bonchev–Trinajstić information content (AvgIpc) is 3.24. The number of piperidine rings is 1. The first kappa shape index (κ1) is 16.3. The lowest BCUT2D eigenvalue weighted by Gasteiger charge is -2.51. The van der Waals surface area contributed by atoms with Crippen molar-refractivity contribution in [2.24, 2.45) is 17.3 Å². The molecule has 0 N–H and O–H groups in total. The zero-order valence-corrected chi connectivity index (χ0v) is 14.2. The van der Waals surface area contributed by atoms with Crippen LogP contribution < -0.4 is 0 Å². The molecule has 0 aromatic carbocycles. The molecule has 1 heterocycles. The highest BCUT2D eigenvalue weighted by Gasteiger charge is 2.42. The molecule has 2 rings (SSSR count). The van der Waals surface area contributed by atoms with Gasteiger partial charge in [0.15, 0.2) is 0 Å². The Morgan fingerprint density at radius 3 is 2.60 bits per heavy atom. The van der Waals surface area contributed by atoms with Crippen LogP contribution in [-0.4, -0.2) is 37.2 Å². The molecular formula is C18H35NO. The van der Waals surface area contributed by atoms with Gasteiger partial charge in [0, 0.05) is 19.3 Å². The van der Waals surface area contributed by atoms with Crippen LogP contribution in [0, 0.1) is 17.3 Å². The predicted octanol–water partition coefficient (Wildman–Crippen LogP) is 4.34. The Balaban J connectivity index is 1.77. The van der Waals surface area contributed by atoms with Crippen molar-refractivity contribution in [3.05, 3.63) is 0 Å². The standard InChI is InChI=1S/C18H35NO/c1-5-11-19-12-9-15(2)18(4,16(19)3)10-6-13-20-14-17-7-8-17/h15-17H,5-14H2,1-4H3. The van der Waals surface area contributed by atoms with Gasteiger partial charge in [0.2, 0.25) is 0 Å². The van der Waals surface area contributed by atoms with Gasteiger partial charge in [-0.15, -0.1) is 0 Å². The van der Waals surface area contributed by atoms with E-state index in [-0.39, 0.29) is 0 Å². The first-order valence-electron chi connectivity index (χ1n) is 8.89. The molecular weight excluding hydrogens is 246 g/mol. The number of hydrogen-bond donors (Lipinski definition) is 0. The summed E-state index contributed by atoms with van der Waals surface area (Å²) in [6.07, 6.45) is 8.00. The third-order valence-corrected chi connectivity index (χ3v) is 6.04. The van der Waals surface area contributed by atoms with E-state index < -0.39 is 0 Å². The lowest BCUT2D eigenvalue weighted by atomic mass is 9.65. The van der Waals surface area contributed by atoms with Crippen LogP contribution in [-0.2, 0) is 4.74 Å². The highest BCUT2D eigenvalue weighted by atomic mass is 16.5. The van der Waals surface area contributed by atoms with Crippen LogP contribution in [0.15, 0.2) is 0 Å². The lowest BCUT2D eigenvalue weighted by Crippen LogP contribution is -2.53. The van der Waals surface area contributed by atoms with E-state index in [2.05, 4.69) is 32.6 Å². The molecule has 2 heteroatoms. The number of rotatable bonds is 8. The number of hydrogen-bond acceptors (Lipinski definition) is 2. The summed E-state index contributed by atoms with van der Waals surface area (Å²) in [5, 5.41) is 0. The number of likely N-dealkylation sites (tertiary alicyclic amines) is 1. The topological polar surface area (TPSA) is 12.5 Å². The molecule has 0 amide bonds. The minimum atomic E-state index is 0.469. The largest absolute Gasteiger partial charge is 0.381 e. The molecule has 2 nitrogen and oxygen atoms in total. The summed E-state index contributed by atoms with van der Waals surface area (Å²) in [6.45, 7) is 14.3. The normalized spacial score (nSPS) is 35.4. The van der Waals surface area contributed by atoms with Crippen molar-refractivity contribution in [2.45, 2.75) is 72.3 Å². The summed E-state index contributed by atoms with van der Waals surface area (Å²) in [4.78, 5) is 2.71. The molecule has 1 aliphatic heterocycles. The number of ether oxygens (including phenoxy) is 1. The Morgan fingerprint density at radius 2 is 1.95 bits per heavy atom. The molecule has 118 valence electrons. The van der Waals surface area contributed by atoms with E-state index in [1.54, 1.807) is 0 Å². The van der Waals surface area contributed by atoms with Crippen molar-refractivity contribution < 1.29 is 4.74 Å². The van der Waals surface area contributed by atoms with Gasteiger partial charge in [-0.05, 0) is 75.8 Å². The summed E-state index contributed by atoms with van der Waals surface area (Å²) in [5.41, 5.74) is 0.469. The van der Waals surface area contributed by atoms with Crippen molar-refractivity contribution in [3.8, 4) is 0 Å². The lowest BCUT2D eigenvalue weighted by molar-refractivity contribution is -0.0204. The van der Waals surface area contributed by atoms with Gasteiger partial charge in [0.1, 0.15) is 0 Å². The van der Waals surface area contributed by atoms with Crippen LogP contribution in [0.1, 0.15) is 66.2 Å². The molecule has 0 spiro atoms. The van der Waals surface area contributed by atoms with Gasteiger partial charge in [0.05, 0.1) is 0 Å². The summed E-state index contributed by atoms with van der Waals surface area (Å²) < 4.78 is 5.82. The van der Waals surface area contributed by atoms with Crippen molar-refractivity contribution in [1.29, 1.82) is 0 Å². The maximum Gasteiger partial charge on any atom is 0.0494 e. The fraction of sp³-hybridized carbons (Fsp3) is 1.00. The van der Waals surface area contributed by atoms with Crippen LogP contribution >= 0.6 is 0 Å². The number of nitrogens with zero attached hydrogens (tertiary/aromatic N) is 1. The highest BCUT2D eigenvalue weighted by Crippen LogP contribution is 2.43. The van der Waals surface area contributed by atoms with E-state index in [1.807, 2.05) is 0 Å². The molecule has 0 bridgehead atoms. The van der Waals surface area contributed by atoms with Gasteiger partial charge in [-0.1, -0.05) is 20.8 Å². The van der Waals surface area contributed by atoms with Crippen molar-refractivity contribution in [3.63, 3.8) is 0 Å². The zero-order valence-electron chi connectivity index (χ0n) is 14.2. The van der Waals surface area contributed by atoms with Crippen molar-refractivity contribution in [2.75, 3.05) is 26.3 Å². The highest BCUT2D eigenvalue weighted by molar-refractivity contribution is 4.94. The van der Waals surface area contributed by atoms with E-state index >= 15 is 0 Å². The average molecular weight is 281 g/mol. The first-order valence-corrected chi connectivity index (χ1v) is 8.89. The third kappa shape index (κ3) is 3.98. The van der Waals surface area contributed by atoms with Crippen molar-refractivity contribution in [1.82, 2.24) is 4.90 Å². The van der Waals surface area contributed by atoms with E-state index in [0.29, 0.717) is 5.41 Å². The summed E-state index contributed by atoms with van der Waals surface area (Å²) in [5.74, 6) is 1.74. The maximum absolute atomic E-state index is 5.82. The molecule has 0 aromatic rings. The third-order valence-electron chi connectivity index (χ3n) is 6.04. The van der Waals surface area contributed by atoms with Gasteiger partial charge in [-0.25, -0.2) is 0 Å². The van der Waals surface area contributed by atoms with Gasteiger partial charge in [0.25, 0.3) is 0 Å². The smallest absolute Gasteiger partial charge is 0.0494 e. The Morgan fingerprint density at radius 1 is 1.20 bits per heavy atom. The second-order valence-corrected chi connectivity index (χ2v) is 7.53.